The lowest BCUT2D eigenvalue weighted by Gasteiger charge is -2.37. The standard InChI is InChI=1S/C23H31N5O3/c1-4-18(2)28(23(30)21-17-24-10-11-25-21)12-9-22(29)27-15-13-26(14-16-27)19-5-7-20(31-3)8-6-19/h5-8,10-11,17-18H,4,9,12-16H2,1-3H3/t18-/m0/s1. The predicted octanol–water partition coefficient (Wildman–Crippen LogP) is 2.46. The molecule has 0 unspecified atom stereocenters. The molecule has 1 aliphatic heterocycles. The lowest BCUT2D eigenvalue weighted by atomic mass is 10.1. The number of anilines is 1. The summed E-state index contributed by atoms with van der Waals surface area (Å²) in [6, 6.07) is 8.00. The zero-order valence-corrected chi connectivity index (χ0v) is 18.5. The van der Waals surface area contributed by atoms with E-state index in [2.05, 4.69) is 14.9 Å². The van der Waals surface area contributed by atoms with Gasteiger partial charge in [0.15, 0.2) is 0 Å². The van der Waals surface area contributed by atoms with Crippen molar-refractivity contribution < 1.29 is 14.3 Å². The minimum absolute atomic E-state index is 0.0224. The summed E-state index contributed by atoms with van der Waals surface area (Å²) in [7, 11) is 1.66. The van der Waals surface area contributed by atoms with Crippen LogP contribution in [0.15, 0.2) is 42.9 Å². The highest BCUT2D eigenvalue weighted by molar-refractivity contribution is 5.92. The van der Waals surface area contributed by atoms with Crippen LogP contribution in [0.5, 0.6) is 5.75 Å². The van der Waals surface area contributed by atoms with Crippen LogP contribution in [0, 0.1) is 0 Å². The van der Waals surface area contributed by atoms with Crippen LogP contribution >= 0.6 is 0 Å². The number of aromatic nitrogens is 2. The Kier molecular flexibility index (Phi) is 7.81. The summed E-state index contributed by atoms with van der Waals surface area (Å²) in [5, 5.41) is 0. The highest BCUT2D eigenvalue weighted by Crippen LogP contribution is 2.21. The second-order valence-corrected chi connectivity index (χ2v) is 7.66. The number of carbonyl (C=O) groups is 2. The Morgan fingerprint density at radius 2 is 1.84 bits per heavy atom. The number of rotatable bonds is 8. The van der Waals surface area contributed by atoms with Crippen LogP contribution in [0.1, 0.15) is 37.2 Å². The first-order valence-corrected chi connectivity index (χ1v) is 10.8. The van der Waals surface area contributed by atoms with Gasteiger partial charge >= 0.3 is 0 Å². The largest absolute Gasteiger partial charge is 0.497 e. The Morgan fingerprint density at radius 1 is 1.13 bits per heavy atom. The molecule has 1 atom stereocenters. The fraction of sp³-hybridized carbons (Fsp3) is 0.478. The third-order valence-corrected chi connectivity index (χ3v) is 5.80. The van der Waals surface area contributed by atoms with Crippen LogP contribution in [0.4, 0.5) is 5.69 Å². The molecular formula is C23H31N5O3. The maximum atomic E-state index is 12.9. The molecule has 2 amide bonds. The van der Waals surface area contributed by atoms with Crippen LogP contribution in [0.3, 0.4) is 0 Å². The molecule has 0 N–H and O–H groups in total. The summed E-state index contributed by atoms with van der Waals surface area (Å²) < 4.78 is 5.21. The van der Waals surface area contributed by atoms with Gasteiger partial charge in [-0.25, -0.2) is 4.98 Å². The van der Waals surface area contributed by atoms with Crippen molar-refractivity contribution in [1.82, 2.24) is 19.8 Å². The van der Waals surface area contributed by atoms with Crippen molar-refractivity contribution in [3.8, 4) is 5.75 Å². The maximum Gasteiger partial charge on any atom is 0.274 e. The molecule has 0 aliphatic carbocycles. The van der Waals surface area contributed by atoms with Gasteiger partial charge in [0.05, 0.1) is 13.3 Å². The number of ether oxygens (including phenoxy) is 1. The van der Waals surface area contributed by atoms with E-state index < -0.39 is 0 Å². The average Bonchev–Trinajstić information content (AvgIpc) is 2.84. The molecule has 2 aromatic rings. The molecule has 2 heterocycles. The SMILES string of the molecule is CC[C@H](C)N(CCC(=O)N1CCN(c2ccc(OC)cc2)CC1)C(=O)c1cnccn1. The second kappa shape index (κ2) is 10.7. The predicted molar refractivity (Wildman–Crippen MR) is 119 cm³/mol. The van der Waals surface area contributed by atoms with Crippen LogP contribution in [0.2, 0.25) is 0 Å². The molecule has 8 heteroatoms. The third kappa shape index (κ3) is 5.71. The molecular weight excluding hydrogens is 394 g/mol. The van der Waals surface area contributed by atoms with E-state index in [4.69, 9.17) is 4.74 Å². The fourth-order valence-electron chi connectivity index (χ4n) is 3.68. The first-order valence-electron chi connectivity index (χ1n) is 10.8. The van der Waals surface area contributed by atoms with Crippen LogP contribution in [0.25, 0.3) is 0 Å². The quantitative estimate of drug-likeness (QED) is 0.647. The lowest BCUT2D eigenvalue weighted by Crippen LogP contribution is -2.49. The normalized spacial score (nSPS) is 14.8. The van der Waals surface area contributed by atoms with Gasteiger partial charge in [0, 0.05) is 63.3 Å². The van der Waals surface area contributed by atoms with Crippen molar-refractivity contribution >= 4 is 17.5 Å². The monoisotopic (exact) mass is 425 g/mol. The maximum absolute atomic E-state index is 12.9. The highest BCUT2D eigenvalue weighted by Gasteiger charge is 2.25. The molecule has 1 fully saturated rings. The Bertz CT molecular complexity index is 851. The number of carbonyl (C=O) groups excluding carboxylic acids is 2. The minimum Gasteiger partial charge on any atom is -0.497 e. The van der Waals surface area contributed by atoms with Crippen molar-refractivity contribution in [3.05, 3.63) is 48.5 Å². The molecule has 0 saturated carbocycles. The van der Waals surface area contributed by atoms with Crippen molar-refractivity contribution in [1.29, 1.82) is 0 Å². The summed E-state index contributed by atoms with van der Waals surface area (Å²) in [5.74, 6) is 0.730. The first-order chi connectivity index (χ1) is 15.0. The molecule has 1 saturated heterocycles. The van der Waals surface area contributed by atoms with Gasteiger partial charge in [-0.05, 0) is 37.6 Å². The van der Waals surface area contributed by atoms with Gasteiger partial charge in [-0.1, -0.05) is 6.92 Å². The Morgan fingerprint density at radius 3 is 2.42 bits per heavy atom. The van der Waals surface area contributed by atoms with E-state index in [1.807, 2.05) is 43.0 Å². The summed E-state index contributed by atoms with van der Waals surface area (Å²) in [5.41, 5.74) is 1.44. The van der Waals surface area contributed by atoms with E-state index >= 15 is 0 Å². The number of nitrogens with zero attached hydrogens (tertiary/aromatic N) is 5. The molecule has 3 rings (SSSR count). The van der Waals surface area contributed by atoms with E-state index in [1.54, 1.807) is 18.2 Å². The van der Waals surface area contributed by atoms with Crippen molar-refractivity contribution in [2.75, 3.05) is 44.7 Å². The van der Waals surface area contributed by atoms with Gasteiger partial charge < -0.3 is 19.4 Å². The van der Waals surface area contributed by atoms with Crippen LogP contribution < -0.4 is 9.64 Å². The average molecular weight is 426 g/mol. The molecule has 0 bridgehead atoms. The topological polar surface area (TPSA) is 78.9 Å². The number of piperazine rings is 1. The van der Waals surface area contributed by atoms with E-state index in [0.717, 1.165) is 30.9 Å². The van der Waals surface area contributed by atoms with E-state index in [1.165, 1.54) is 12.4 Å². The minimum atomic E-state index is -0.181. The third-order valence-electron chi connectivity index (χ3n) is 5.80. The molecule has 166 valence electrons. The fourth-order valence-corrected chi connectivity index (χ4v) is 3.68. The molecule has 0 spiro atoms. The van der Waals surface area contributed by atoms with Gasteiger partial charge in [0.2, 0.25) is 5.91 Å². The molecule has 1 aliphatic rings. The van der Waals surface area contributed by atoms with E-state index in [9.17, 15) is 9.59 Å². The Labute approximate surface area is 183 Å². The van der Waals surface area contributed by atoms with Gasteiger partial charge in [0.25, 0.3) is 5.91 Å². The molecule has 1 aromatic carbocycles. The van der Waals surface area contributed by atoms with Crippen molar-refractivity contribution in [2.45, 2.75) is 32.7 Å². The van der Waals surface area contributed by atoms with Crippen LogP contribution in [-0.4, -0.2) is 77.5 Å². The lowest BCUT2D eigenvalue weighted by molar-refractivity contribution is -0.131. The summed E-state index contributed by atoms with van der Waals surface area (Å²) in [6.45, 7) is 7.31. The molecule has 8 nitrogen and oxygen atoms in total. The van der Waals surface area contributed by atoms with Crippen LogP contribution in [-0.2, 0) is 4.79 Å². The summed E-state index contributed by atoms with van der Waals surface area (Å²) in [4.78, 5) is 39.7. The number of hydrogen-bond acceptors (Lipinski definition) is 6. The Balaban J connectivity index is 1.53. The smallest absolute Gasteiger partial charge is 0.274 e. The zero-order valence-electron chi connectivity index (χ0n) is 18.5. The molecule has 0 radical (unpaired) electrons. The molecule has 31 heavy (non-hydrogen) atoms. The van der Waals surface area contributed by atoms with Gasteiger partial charge in [0.1, 0.15) is 11.4 Å². The van der Waals surface area contributed by atoms with Gasteiger partial charge in [-0.2, -0.15) is 0 Å². The van der Waals surface area contributed by atoms with Gasteiger partial charge in [-0.3, -0.25) is 14.6 Å². The first kappa shape index (κ1) is 22.5. The second-order valence-electron chi connectivity index (χ2n) is 7.66. The molecule has 1 aromatic heterocycles. The van der Waals surface area contributed by atoms with Crippen molar-refractivity contribution in [2.24, 2.45) is 0 Å². The number of hydrogen-bond donors (Lipinski definition) is 0. The Hall–Kier alpha value is -3.16. The number of amides is 2. The summed E-state index contributed by atoms with van der Waals surface area (Å²) >= 11 is 0. The number of methoxy groups -OCH3 is 1. The zero-order chi connectivity index (χ0) is 22.2. The highest BCUT2D eigenvalue weighted by atomic mass is 16.5. The van der Waals surface area contributed by atoms with Crippen molar-refractivity contribution in [3.63, 3.8) is 0 Å². The van der Waals surface area contributed by atoms with E-state index in [-0.39, 0.29) is 17.9 Å². The van der Waals surface area contributed by atoms with E-state index in [0.29, 0.717) is 31.7 Å². The number of benzene rings is 1. The van der Waals surface area contributed by atoms with Gasteiger partial charge in [-0.15, -0.1) is 0 Å². The summed E-state index contributed by atoms with van der Waals surface area (Å²) in [6.07, 6.45) is 5.63.